The molecule has 1 aromatic heterocycles. The lowest BCUT2D eigenvalue weighted by atomic mass is 10.1. The Hall–Kier alpha value is -3.63. The van der Waals surface area contributed by atoms with Crippen LogP contribution in [-0.4, -0.2) is 42.2 Å². The third-order valence-corrected chi connectivity index (χ3v) is 7.92. The molecule has 2 aromatic carbocycles. The van der Waals surface area contributed by atoms with E-state index in [4.69, 9.17) is 0 Å². The molecule has 3 aromatic rings. The minimum absolute atomic E-state index is 0.0212. The first kappa shape index (κ1) is 27.4. The van der Waals surface area contributed by atoms with Crippen LogP contribution in [0.2, 0.25) is 0 Å². The van der Waals surface area contributed by atoms with Crippen molar-refractivity contribution >= 4 is 21.8 Å². The van der Waals surface area contributed by atoms with Crippen LogP contribution in [0, 0.1) is 5.82 Å². The van der Waals surface area contributed by atoms with E-state index in [0.29, 0.717) is 12.0 Å². The number of halogens is 1. The Labute approximate surface area is 222 Å². The number of pyridine rings is 1. The molecule has 10 heteroatoms. The number of nitrogens with one attached hydrogen (secondary N) is 2. The van der Waals surface area contributed by atoms with E-state index < -0.39 is 16.1 Å². The van der Waals surface area contributed by atoms with Gasteiger partial charge >= 0.3 is 0 Å². The fourth-order valence-corrected chi connectivity index (χ4v) is 5.23. The van der Waals surface area contributed by atoms with Crippen LogP contribution in [0.4, 0.5) is 4.39 Å². The molecule has 38 heavy (non-hydrogen) atoms. The molecule has 4 rings (SSSR count). The number of hydrogen-bond acceptors (Lipinski definition) is 5. The average Bonchev–Trinajstić information content (AvgIpc) is 3.74. The Morgan fingerprint density at radius 3 is 2.34 bits per heavy atom. The highest BCUT2D eigenvalue weighted by Crippen LogP contribution is 2.22. The highest BCUT2D eigenvalue weighted by atomic mass is 32.2. The SMILES string of the molecule is C[C@H](C(=O)NCc1cccnc1)N(Cc1ccc(F)cc1)C(=O)CCc1ccc(S(=O)(=O)NC2CC2)cc1. The van der Waals surface area contributed by atoms with Crippen molar-refractivity contribution in [2.75, 3.05) is 0 Å². The summed E-state index contributed by atoms with van der Waals surface area (Å²) < 4.78 is 40.8. The third-order valence-electron chi connectivity index (χ3n) is 6.38. The summed E-state index contributed by atoms with van der Waals surface area (Å²) in [6, 6.07) is 15.2. The van der Waals surface area contributed by atoms with Crippen LogP contribution < -0.4 is 10.0 Å². The highest BCUT2D eigenvalue weighted by molar-refractivity contribution is 7.89. The summed E-state index contributed by atoms with van der Waals surface area (Å²) in [6.45, 7) is 2.08. The number of hydrogen-bond donors (Lipinski definition) is 2. The molecular weight excluding hydrogens is 507 g/mol. The molecule has 1 aliphatic carbocycles. The van der Waals surface area contributed by atoms with Crippen molar-refractivity contribution in [3.63, 3.8) is 0 Å². The Balaban J connectivity index is 1.41. The van der Waals surface area contributed by atoms with E-state index in [1.54, 1.807) is 49.6 Å². The predicted molar refractivity (Wildman–Crippen MR) is 141 cm³/mol. The monoisotopic (exact) mass is 538 g/mol. The summed E-state index contributed by atoms with van der Waals surface area (Å²) in [5.74, 6) is -0.945. The maximum Gasteiger partial charge on any atom is 0.242 e. The van der Waals surface area contributed by atoms with Crippen LogP contribution in [-0.2, 0) is 39.1 Å². The summed E-state index contributed by atoms with van der Waals surface area (Å²) in [6.07, 6.45) is 5.51. The van der Waals surface area contributed by atoms with Gasteiger partial charge in [0.25, 0.3) is 0 Å². The Kier molecular flexibility index (Phi) is 8.85. The molecule has 1 heterocycles. The van der Waals surface area contributed by atoms with E-state index in [9.17, 15) is 22.4 Å². The van der Waals surface area contributed by atoms with Crippen LogP contribution in [0.15, 0.2) is 78.0 Å². The minimum atomic E-state index is -3.54. The first-order chi connectivity index (χ1) is 18.2. The van der Waals surface area contributed by atoms with Crippen molar-refractivity contribution in [3.05, 3.63) is 95.6 Å². The van der Waals surface area contributed by atoms with Gasteiger partial charge < -0.3 is 10.2 Å². The van der Waals surface area contributed by atoms with Gasteiger partial charge in [0, 0.05) is 37.9 Å². The maximum absolute atomic E-state index is 13.4. The number of aryl methyl sites for hydroxylation is 1. The van der Waals surface area contributed by atoms with E-state index in [1.807, 2.05) is 6.07 Å². The lowest BCUT2D eigenvalue weighted by Crippen LogP contribution is -2.47. The van der Waals surface area contributed by atoms with E-state index in [0.717, 1.165) is 24.0 Å². The number of carbonyl (C=O) groups is 2. The number of carbonyl (C=O) groups excluding carboxylic acids is 2. The molecule has 0 bridgehead atoms. The highest BCUT2D eigenvalue weighted by Gasteiger charge is 2.28. The van der Waals surface area contributed by atoms with E-state index in [1.165, 1.54) is 29.2 Å². The maximum atomic E-state index is 13.4. The summed E-state index contributed by atoms with van der Waals surface area (Å²) >= 11 is 0. The second-order valence-corrected chi connectivity index (χ2v) is 11.2. The Bertz CT molecular complexity index is 1350. The van der Waals surface area contributed by atoms with Gasteiger partial charge in [-0.25, -0.2) is 17.5 Å². The first-order valence-electron chi connectivity index (χ1n) is 12.5. The zero-order chi connectivity index (χ0) is 27.1. The van der Waals surface area contributed by atoms with Gasteiger partial charge in [-0.1, -0.05) is 30.3 Å². The second kappa shape index (κ2) is 12.3. The minimum Gasteiger partial charge on any atom is -0.350 e. The smallest absolute Gasteiger partial charge is 0.242 e. The fourth-order valence-electron chi connectivity index (χ4n) is 3.93. The van der Waals surface area contributed by atoms with Crippen LogP contribution in [0.3, 0.4) is 0 Å². The second-order valence-electron chi connectivity index (χ2n) is 9.44. The van der Waals surface area contributed by atoms with Gasteiger partial charge in [0.1, 0.15) is 11.9 Å². The van der Waals surface area contributed by atoms with Gasteiger partial charge in [0.05, 0.1) is 4.90 Å². The number of aromatic nitrogens is 1. The van der Waals surface area contributed by atoms with E-state index in [-0.39, 0.29) is 48.1 Å². The lowest BCUT2D eigenvalue weighted by Gasteiger charge is -2.29. The molecule has 0 saturated heterocycles. The molecule has 1 aliphatic rings. The zero-order valence-corrected chi connectivity index (χ0v) is 22.0. The largest absolute Gasteiger partial charge is 0.350 e. The number of rotatable bonds is 12. The molecule has 200 valence electrons. The average molecular weight is 539 g/mol. The molecule has 0 aliphatic heterocycles. The molecule has 1 saturated carbocycles. The van der Waals surface area contributed by atoms with Crippen LogP contribution in [0.25, 0.3) is 0 Å². The van der Waals surface area contributed by atoms with Gasteiger partial charge in [-0.15, -0.1) is 0 Å². The fraction of sp³-hybridized carbons (Fsp3) is 0.321. The van der Waals surface area contributed by atoms with Crippen molar-refractivity contribution in [2.45, 2.75) is 62.7 Å². The quantitative estimate of drug-likeness (QED) is 0.368. The summed E-state index contributed by atoms with van der Waals surface area (Å²) in [5, 5.41) is 2.85. The number of sulfonamides is 1. The number of benzene rings is 2. The van der Waals surface area contributed by atoms with Crippen molar-refractivity contribution in [2.24, 2.45) is 0 Å². The third kappa shape index (κ3) is 7.69. The molecule has 8 nitrogen and oxygen atoms in total. The van der Waals surface area contributed by atoms with Crippen molar-refractivity contribution in [3.8, 4) is 0 Å². The molecule has 0 radical (unpaired) electrons. The van der Waals surface area contributed by atoms with Gasteiger partial charge in [-0.2, -0.15) is 0 Å². The van der Waals surface area contributed by atoms with Gasteiger partial charge in [0.15, 0.2) is 0 Å². The summed E-state index contributed by atoms with van der Waals surface area (Å²) in [7, 11) is -3.54. The van der Waals surface area contributed by atoms with Gasteiger partial charge in [0.2, 0.25) is 21.8 Å². The van der Waals surface area contributed by atoms with Crippen LogP contribution in [0.1, 0.15) is 42.9 Å². The van der Waals surface area contributed by atoms with E-state index >= 15 is 0 Å². The molecular formula is C28H31FN4O4S. The van der Waals surface area contributed by atoms with E-state index in [2.05, 4.69) is 15.0 Å². The summed E-state index contributed by atoms with van der Waals surface area (Å²) in [5.41, 5.74) is 2.34. The Morgan fingerprint density at radius 1 is 1.03 bits per heavy atom. The lowest BCUT2D eigenvalue weighted by molar-refractivity contribution is -0.140. The number of amides is 2. The van der Waals surface area contributed by atoms with Crippen molar-refractivity contribution in [1.82, 2.24) is 19.9 Å². The molecule has 0 unspecified atom stereocenters. The summed E-state index contributed by atoms with van der Waals surface area (Å²) in [4.78, 5) is 32.0. The molecule has 1 fully saturated rings. The Morgan fingerprint density at radius 2 is 1.71 bits per heavy atom. The molecule has 2 amide bonds. The standard InChI is InChI=1S/C28H31FN4O4S/c1-20(28(35)31-18-23-3-2-16-30-17-23)33(19-22-4-9-24(29)10-5-22)27(34)15-8-21-6-13-26(14-7-21)38(36,37)32-25-11-12-25/h2-7,9-10,13-14,16-17,20,25,32H,8,11-12,15,18-19H2,1H3,(H,31,35)/t20-/m1/s1. The normalized spacial score (nSPS) is 14.1. The first-order valence-corrected chi connectivity index (χ1v) is 14.0. The predicted octanol–water partition coefficient (Wildman–Crippen LogP) is 3.33. The molecule has 0 spiro atoms. The molecule has 2 N–H and O–H groups in total. The van der Waals surface area contributed by atoms with Crippen LogP contribution >= 0.6 is 0 Å². The van der Waals surface area contributed by atoms with Crippen molar-refractivity contribution in [1.29, 1.82) is 0 Å². The molecule has 1 atom stereocenters. The van der Waals surface area contributed by atoms with Crippen molar-refractivity contribution < 1.29 is 22.4 Å². The number of nitrogens with zero attached hydrogens (tertiary/aromatic N) is 2. The van der Waals surface area contributed by atoms with Gasteiger partial charge in [-0.3, -0.25) is 14.6 Å². The zero-order valence-electron chi connectivity index (χ0n) is 21.1. The van der Waals surface area contributed by atoms with Gasteiger partial charge in [-0.05, 0) is 73.2 Å². The topological polar surface area (TPSA) is 108 Å². The van der Waals surface area contributed by atoms with Crippen LogP contribution in [0.5, 0.6) is 0 Å².